The van der Waals surface area contributed by atoms with E-state index >= 15 is 0 Å². The Balaban J connectivity index is 1.40. The Morgan fingerprint density at radius 2 is 2.08 bits per heavy atom. The molecule has 142 valence electrons. The van der Waals surface area contributed by atoms with Gasteiger partial charge in [-0.25, -0.2) is 9.50 Å². The monoisotopic (exact) mass is 358 g/mol. The van der Waals surface area contributed by atoms with Gasteiger partial charge in [0.15, 0.2) is 0 Å². The molecule has 0 atom stereocenters. The van der Waals surface area contributed by atoms with Gasteiger partial charge >= 0.3 is 0 Å². The minimum Gasteiger partial charge on any atom is -0.356 e. The molecule has 7 heteroatoms. The van der Waals surface area contributed by atoms with Crippen molar-refractivity contribution in [2.45, 2.75) is 52.9 Å². The quantitative estimate of drug-likeness (QED) is 0.765. The largest absolute Gasteiger partial charge is 0.356 e. The normalized spacial score (nSPS) is 16.3. The van der Waals surface area contributed by atoms with Gasteiger partial charge in [0.1, 0.15) is 6.33 Å². The molecule has 0 bridgehead atoms. The fraction of sp³-hybridized carbons (Fsp3) is 0.684. The van der Waals surface area contributed by atoms with Gasteiger partial charge in [0, 0.05) is 24.4 Å². The average molecular weight is 358 g/mol. The van der Waals surface area contributed by atoms with Crippen molar-refractivity contribution in [3.63, 3.8) is 0 Å². The summed E-state index contributed by atoms with van der Waals surface area (Å²) in [7, 11) is 0. The predicted molar refractivity (Wildman–Crippen MR) is 101 cm³/mol. The molecule has 0 unspecified atom stereocenters. The maximum Gasteiger partial charge on any atom is 0.252 e. The second kappa shape index (κ2) is 8.58. The second-order valence-electron chi connectivity index (χ2n) is 7.46. The van der Waals surface area contributed by atoms with Crippen molar-refractivity contribution in [3.8, 4) is 0 Å². The number of rotatable bonds is 7. The number of carbonyl (C=O) groups excluding carboxylic acids is 1. The molecule has 2 aromatic rings. The third kappa shape index (κ3) is 4.58. The number of fused-ring (bicyclic) bond motifs is 1. The first-order chi connectivity index (χ1) is 12.5. The molecule has 1 fully saturated rings. The summed E-state index contributed by atoms with van der Waals surface area (Å²) in [5.41, 5.74) is 3.02. The molecular formula is C19H30N6O. The molecule has 7 nitrogen and oxygen atoms in total. The molecule has 0 radical (unpaired) electrons. The molecular weight excluding hydrogens is 328 g/mol. The van der Waals surface area contributed by atoms with E-state index in [1.54, 1.807) is 4.52 Å². The number of aryl methyl sites for hydroxylation is 2. The molecule has 1 N–H and O–H groups in total. The van der Waals surface area contributed by atoms with Crippen LogP contribution in [0.3, 0.4) is 0 Å². The van der Waals surface area contributed by atoms with Crippen molar-refractivity contribution in [2.24, 2.45) is 5.92 Å². The summed E-state index contributed by atoms with van der Waals surface area (Å²) < 4.78 is 1.74. The summed E-state index contributed by atoms with van der Waals surface area (Å²) in [6.07, 6.45) is 6.28. The van der Waals surface area contributed by atoms with E-state index in [0.717, 1.165) is 42.4 Å². The molecule has 0 spiro atoms. The summed E-state index contributed by atoms with van der Waals surface area (Å²) >= 11 is 0. The number of carbonyl (C=O) groups is 1. The van der Waals surface area contributed by atoms with Crippen LogP contribution in [0.2, 0.25) is 0 Å². The van der Waals surface area contributed by atoms with Crippen LogP contribution in [0.25, 0.3) is 5.78 Å². The number of aromatic nitrogens is 4. The van der Waals surface area contributed by atoms with Crippen LogP contribution in [0.5, 0.6) is 0 Å². The number of likely N-dealkylation sites (tertiary alicyclic amines) is 1. The van der Waals surface area contributed by atoms with E-state index in [0.29, 0.717) is 18.6 Å². The number of amides is 1. The lowest BCUT2D eigenvalue weighted by atomic mass is 9.99. The Labute approximate surface area is 155 Å². The summed E-state index contributed by atoms with van der Waals surface area (Å²) in [6, 6.07) is 0. The van der Waals surface area contributed by atoms with Crippen molar-refractivity contribution in [3.05, 3.63) is 23.3 Å². The first-order valence-corrected chi connectivity index (χ1v) is 9.69. The highest BCUT2D eigenvalue weighted by Crippen LogP contribution is 2.16. The van der Waals surface area contributed by atoms with Crippen molar-refractivity contribution in [1.82, 2.24) is 29.8 Å². The molecule has 2 aromatic heterocycles. The van der Waals surface area contributed by atoms with Gasteiger partial charge in [0.25, 0.3) is 5.78 Å². The predicted octanol–water partition coefficient (Wildman–Crippen LogP) is 1.91. The molecule has 0 aliphatic carbocycles. The summed E-state index contributed by atoms with van der Waals surface area (Å²) in [5, 5.41) is 7.25. The van der Waals surface area contributed by atoms with Crippen LogP contribution in [-0.4, -0.2) is 56.6 Å². The summed E-state index contributed by atoms with van der Waals surface area (Å²) in [6.45, 7) is 10.5. The van der Waals surface area contributed by atoms with E-state index in [-0.39, 0.29) is 5.91 Å². The molecule has 1 aliphatic rings. The number of nitrogens with zero attached hydrogens (tertiary/aromatic N) is 5. The van der Waals surface area contributed by atoms with Crippen LogP contribution in [0, 0.1) is 19.8 Å². The van der Waals surface area contributed by atoms with Crippen LogP contribution in [0.1, 0.15) is 49.6 Å². The fourth-order valence-corrected chi connectivity index (χ4v) is 3.66. The lowest BCUT2D eigenvalue weighted by Gasteiger charge is -2.30. The van der Waals surface area contributed by atoms with Crippen LogP contribution in [0.15, 0.2) is 6.33 Å². The van der Waals surface area contributed by atoms with Crippen LogP contribution in [-0.2, 0) is 11.2 Å². The van der Waals surface area contributed by atoms with Crippen molar-refractivity contribution in [2.75, 3.05) is 26.2 Å². The third-order valence-electron chi connectivity index (χ3n) is 5.44. The lowest BCUT2D eigenvalue weighted by Crippen LogP contribution is -2.35. The minimum atomic E-state index is 0.106. The van der Waals surface area contributed by atoms with Gasteiger partial charge in [-0.15, -0.1) is 0 Å². The molecule has 0 aromatic carbocycles. The maximum absolute atomic E-state index is 12.2. The van der Waals surface area contributed by atoms with Gasteiger partial charge in [-0.05, 0) is 70.6 Å². The summed E-state index contributed by atoms with van der Waals surface area (Å²) in [4.78, 5) is 23.3. The van der Waals surface area contributed by atoms with Gasteiger partial charge in [0.2, 0.25) is 5.91 Å². The minimum absolute atomic E-state index is 0.106. The Morgan fingerprint density at radius 1 is 1.31 bits per heavy atom. The van der Waals surface area contributed by atoms with E-state index in [2.05, 4.69) is 32.2 Å². The summed E-state index contributed by atoms with van der Waals surface area (Å²) in [5.74, 6) is 1.58. The van der Waals surface area contributed by atoms with E-state index in [9.17, 15) is 4.79 Å². The molecule has 1 amide bonds. The first kappa shape index (κ1) is 18.8. The zero-order chi connectivity index (χ0) is 18.5. The zero-order valence-corrected chi connectivity index (χ0v) is 16.2. The number of piperidine rings is 1. The highest BCUT2D eigenvalue weighted by atomic mass is 16.1. The van der Waals surface area contributed by atoms with Crippen molar-refractivity contribution >= 4 is 11.7 Å². The van der Waals surface area contributed by atoms with Crippen LogP contribution < -0.4 is 5.32 Å². The van der Waals surface area contributed by atoms with Gasteiger partial charge in [-0.1, -0.05) is 6.92 Å². The van der Waals surface area contributed by atoms with Crippen LogP contribution in [0.4, 0.5) is 0 Å². The molecule has 1 aliphatic heterocycles. The topological polar surface area (TPSA) is 75.4 Å². The Kier molecular flexibility index (Phi) is 6.19. The molecule has 0 saturated carbocycles. The van der Waals surface area contributed by atoms with E-state index in [1.165, 1.54) is 32.3 Å². The standard InChI is InChI=1S/C19H30N6O/c1-14-7-11-24(12-8-14)10-4-9-20-18(26)6-5-17-15(2)23-19-21-13-22-25(19)16(17)3/h13-14H,4-12H2,1-3H3,(H,20,26). The zero-order valence-electron chi connectivity index (χ0n) is 16.2. The van der Waals surface area contributed by atoms with Crippen molar-refractivity contribution in [1.29, 1.82) is 0 Å². The highest BCUT2D eigenvalue weighted by molar-refractivity contribution is 5.76. The van der Waals surface area contributed by atoms with Gasteiger partial charge in [-0.2, -0.15) is 10.1 Å². The Hall–Kier alpha value is -2.02. The number of nitrogens with one attached hydrogen (secondary N) is 1. The molecule has 1 saturated heterocycles. The average Bonchev–Trinajstić information content (AvgIpc) is 3.08. The first-order valence-electron chi connectivity index (χ1n) is 9.69. The molecule has 3 rings (SSSR count). The van der Waals surface area contributed by atoms with E-state index in [1.807, 2.05) is 13.8 Å². The van der Waals surface area contributed by atoms with E-state index < -0.39 is 0 Å². The number of hydrogen-bond acceptors (Lipinski definition) is 5. The smallest absolute Gasteiger partial charge is 0.252 e. The Bertz CT molecular complexity index is 748. The van der Waals surface area contributed by atoms with Crippen LogP contribution >= 0.6 is 0 Å². The third-order valence-corrected chi connectivity index (χ3v) is 5.44. The second-order valence-corrected chi connectivity index (χ2v) is 7.46. The van der Waals surface area contributed by atoms with E-state index in [4.69, 9.17) is 0 Å². The van der Waals surface area contributed by atoms with Gasteiger partial charge in [0.05, 0.1) is 0 Å². The lowest BCUT2D eigenvalue weighted by molar-refractivity contribution is -0.121. The van der Waals surface area contributed by atoms with Gasteiger partial charge < -0.3 is 10.2 Å². The highest BCUT2D eigenvalue weighted by Gasteiger charge is 2.15. The SMILES string of the molecule is Cc1nc2ncnn2c(C)c1CCC(=O)NCCCN1CCC(C)CC1. The number of hydrogen-bond donors (Lipinski definition) is 1. The molecule has 26 heavy (non-hydrogen) atoms. The molecule has 3 heterocycles. The van der Waals surface area contributed by atoms with Gasteiger partial charge in [-0.3, -0.25) is 4.79 Å². The maximum atomic E-state index is 12.2. The Morgan fingerprint density at radius 3 is 2.85 bits per heavy atom. The fourth-order valence-electron chi connectivity index (χ4n) is 3.66. The van der Waals surface area contributed by atoms with Crippen molar-refractivity contribution < 1.29 is 4.79 Å².